The van der Waals surface area contributed by atoms with Crippen LogP contribution in [0.1, 0.15) is 42.6 Å². The van der Waals surface area contributed by atoms with Gasteiger partial charge in [-0.25, -0.2) is 9.18 Å². The number of carbonyl (C=O) groups is 2. The van der Waals surface area contributed by atoms with Crippen molar-refractivity contribution in [2.75, 3.05) is 20.3 Å². The highest BCUT2D eigenvalue weighted by atomic mass is 19.1. The van der Waals surface area contributed by atoms with Crippen molar-refractivity contribution >= 4 is 11.9 Å². The summed E-state index contributed by atoms with van der Waals surface area (Å²) in [5.74, 6) is -2.16. The number of hydrogen-bond acceptors (Lipinski definition) is 4. The van der Waals surface area contributed by atoms with Crippen LogP contribution in [0.15, 0.2) is 18.2 Å². The number of ether oxygens (including phenoxy) is 2. The fourth-order valence-electron chi connectivity index (χ4n) is 2.20. The number of halogens is 1. The van der Waals surface area contributed by atoms with E-state index in [2.05, 4.69) is 5.32 Å². The quantitative estimate of drug-likeness (QED) is 0.638. The monoisotopic (exact) mass is 341 g/mol. The van der Waals surface area contributed by atoms with Crippen LogP contribution in [0.4, 0.5) is 4.39 Å². The maximum absolute atomic E-state index is 13.8. The first-order valence-electron chi connectivity index (χ1n) is 7.75. The number of methoxy groups -OCH3 is 1. The van der Waals surface area contributed by atoms with E-state index < -0.39 is 23.2 Å². The van der Waals surface area contributed by atoms with E-state index in [0.29, 0.717) is 26.1 Å². The normalized spacial score (nSPS) is 13.3. The first-order valence-corrected chi connectivity index (χ1v) is 7.75. The van der Waals surface area contributed by atoms with Gasteiger partial charge in [-0.15, -0.1) is 0 Å². The number of rotatable bonds is 10. The summed E-state index contributed by atoms with van der Waals surface area (Å²) in [6.45, 7) is 3.98. The molecular weight excluding hydrogens is 317 g/mol. The Morgan fingerprint density at radius 1 is 1.33 bits per heavy atom. The lowest BCUT2D eigenvalue weighted by atomic mass is 9.95. The van der Waals surface area contributed by atoms with Crippen LogP contribution < -0.4 is 5.32 Å². The topological polar surface area (TPSA) is 84.9 Å². The SMILES string of the molecule is CCCC(C)(NC(=O)c1ccc(F)c(COCCOC)c1)C(=O)O. The molecule has 0 bridgehead atoms. The van der Waals surface area contributed by atoms with E-state index in [1.54, 1.807) is 0 Å². The lowest BCUT2D eigenvalue weighted by Crippen LogP contribution is -2.52. The van der Waals surface area contributed by atoms with Crippen molar-refractivity contribution in [3.63, 3.8) is 0 Å². The number of carboxylic acid groups (broad SMARTS) is 1. The molecule has 0 saturated heterocycles. The Kier molecular flexibility index (Phi) is 7.81. The van der Waals surface area contributed by atoms with Crippen molar-refractivity contribution < 1.29 is 28.6 Å². The highest BCUT2D eigenvalue weighted by molar-refractivity contribution is 5.97. The van der Waals surface area contributed by atoms with Gasteiger partial charge in [0.05, 0.1) is 19.8 Å². The zero-order valence-electron chi connectivity index (χ0n) is 14.2. The number of amides is 1. The van der Waals surface area contributed by atoms with E-state index in [0.717, 1.165) is 0 Å². The van der Waals surface area contributed by atoms with Crippen LogP contribution >= 0.6 is 0 Å². The van der Waals surface area contributed by atoms with Crippen LogP contribution in [-0.4, -0.2) is 42.8 Å². The maximum atomic E-state index is 13.8. The minimum Gasteiger partial charge on any atom is -0.480 e. The molecule has 0 aromatic heterocycles. The predicted molar refractivity (Wildman–Crippen MR) is 86.3 cm³/mol. The molecule has 0 aliphatic rings. The second-order valence-corrected chi connectivity index (χ2v) is 5.69. The zero-order valence-corrected chi connectivity index (χ0v) is 14.2. The average molecular weight is 341 g/mol. The van der Waals surface area contributed by atoms with Crippen LogP contribution in [0.25, 0.3) is 0 Å². The summed E-state index contributed by atoms with van der Waals surface area (Å²) in [6, 6.07) is 3.85. The summed E-state index contributed by atoms with van der Waals surface area (Å²) in [4.78, 5) is 23.7. The third kappa shape index (κ3) is 5.58. The molecule has 0 radical (unpaired) electrons. The van der Waals surface area contributed by atoms with Gasteiger partial charge in [-0.2, -0.15) is 0 Å². The summed E-state index contributed by atoms with van der Waals surface area (Å²) in [5.41, 5.74) is -0.952. The lowest BCUT2D eigenvalue weighted by Gasteiger charge is -2.25. The van der Waals surface area contributed by atoms with E-state index >= 15 is 0 Å². The minimum absolute atomic E-state index is 0.00146. The van der Waals surface area contributed by atoms with Gasteiger partial charge in [0, 0.05) is 18.2 Å². The fourth-order valence-corrected chi connectivity index (χ4v) is 2.20. The molecule has 134 valence electrons. The Morgan fingerprint density at radius 2 is 2.04 bits per heavy atom. The molecule has 0 aliphatic carbocycles. The molecule has 7 heteroatoms. The molecule has 1 unspecified atom stereocenters. The summed E-state index contributed by atoms with van der Waals surface area (Å²) in [5, 5.41) is 11.8. The molecule has 1 rings (SSSR count). The first kappa shape index (κ1) is 20.1. The highest BCUT2D eigenvalue weighted by Crippen LogP contribution is 2.16. The Morgan fingerprint density at radius 3 is 2.62 bits per heavy atom. The number of nitrogens with one attached hydrogen (secondary N) is 1. The zero-order chi connectivity index (χ0) is 18.2. The molecule has 0 saturated carbocycles. The summed E-state index contributed by atoms with van der Waals surface area (Å²) in [6.07, 6.45) is 0.896. The highest BCUT2D eigenvalue weighted by Gasteiger charge is 2.34. The fraction of sp³-hybridized carbons (Fsp3) is 0.529. The maximum Gasteiger partial charge on any atom is 0.329 e. The van der Waals surface area contributed by atoms with Crippen LogP contribution in [0, 0.1) is 5.82 Å². The van der Waals surface area contributed by atoms with Crippen LogP contribution in [0.2, 0.25) is 0 Å². The van der Waals surface area contributed by atoms with E-state index in [9.17, 15) is 19.1 Å². The smallest absolute Gasteiger partial charge is 0.329 e. The minimum atomic E-state index is -1.37. The number of carbonyl (C=O) groups excluding carboxylic acids is 1. The molecule has 6 nitrogen and oxygen atoms in total. The Bertz CT molecular complexity index is 578. The van der Waals surface area contributed by atoms with Gasteiger partial charge in [0.2, 0.25) is 0 Å². The molecule has 1 aromatic rings. The van der Waals surface area contributed by atoms with Gasteiger partial charge >= 0.3 is 5.97 Å². The Balaban J connectivity index is 2.85. The average Bonchev–Trinajstić information content (AvgIpc) is 2.53. The molecule has 0 heterocycles. The van der Waals surface area contributed by atoms with Gasteiger partial charge in [0.15, 0.2) is 0 Å². The summed E-state index contributed by atoms with van der Waals surface area (Å²) < 4.78 is 23.9. The first-order chi connectivity index (χ1) is 11.3. The standard InChI is InChI=1S/C17H24FNO5/c1-4-7-17(2,16(21)22)19-15(20)12-5-6-14(18)13(10-12)11-24-9-8-23-3/h5-6,10H,4,7-9,11H2,1-3H3,(H,19,20)(H,21,22). The van der Waals surface area contributed by atoms with Gasteiger partial charge < -0.3 is 19.9 Å². The Hall–Kier alpha value is -1.99. The van der Waals surface area contributed by atoms with Crippen molar-refractivity contribution in [1.82, 2.24) is 5.32 Å². The van der Waals surface area contributed by atoms with Crippen LogP contribution in [0.3, 0.4) is 0 Å². The molecule has 2 N–H and O–H groups in total. The van der Waals surface area contributed by atoms with Crippen LogP contribution in [0.5, 0.6) is 0 Å². The molecular formula is C17H24FNO5. The number of hydrogen-bond donors (Lipinski definition) is 2. The summed E-state index contributed by atoms with van der Waals surface area (Å²) >= 11 is 0. The largest absolute Gasteiger partial charge is 0.480 e. The number of benzene rings is 1. The summed E-state index contributed by atoms with van der Waals surface area (Å²) in [7, 11) is 1.53. The third-order valence-corrected chi connectivity index (χ3v) is 3.61. The van der Waals surface area contributed by atoms with Crippen molar-refractivity contribution in [2.45, 2.75) is 38.8 Å². The van der Waals surface area contributed by atoms with Gasteiger partial charge in [-0.05, 0) is 31.5 Å². The molecule has 1 aromatic carbocycles. The van der Waals surface area contributed by atoms with E-state index in [1.807, 2.05) is 6.92 Å². The van der Waals surface area contributed by atoms with Crippen molar-refractivity contribution in [3.05, 3.63) is 35.1 Å². The van der Waals surface area contributed by atoms with Gasteiger partial charge in [0.25, 0.3) is 5.91 Å². The second kappa shape index (κ2) is 9.34. The predicted octanol–water partition coefficient (Wildman–Crippen LogP) is 2.36. The second-order valence-electron chi connectivity index (χ2n) is 5.69. The molecule has 0 spiro atoms. The molecule has 0 aliphatic heterocycles. The van der Waals surface area contributed by atoms with Crippen molar-refractivity contribution in [1.29, 1.82) is 0 Å². The van der Waals surface area contributed by atoms with E-state index in [1.165, 1.54) is 32.2 Å². The van der Waals surface area contributed by atoms with Crippen LogP contribution in [-0.2, 0) is 20.9 Å². The third-order valence-electron chi connectivity index (χ3n) is 3.61. The Labute approximate surface area is 141 Å². The molecule has 1 atom stereocenters. The van der Waals surface area contributed by atoms with Gasteiger partial charge in [-0.3, -0.25) is 4.79 Å². The number of aliphatic carboxylic acids is 1. The van der Waals surface area contributed by atoms with Crippen molar-refractivity contribution in [3.8, 4) is 0 Å². The van der Waals surface area contributed by atoms with E-state index in [-0.39, 0.29) is 17.7 Å². The molecule has 24 heavy (non-hydrogen) atoms. The molecule has 0 fully saturated rings. The molecule has 1 amide bonds. The van der Waals surface area contributed by atoms with Crippen molar-refractivity contribution in [2.24, 2.45) is 0 Å². The number of carboxylic acids is 1. The van der Waals surface area contributed by atoms with Gasteiger partial charge in [0.1, 0.15) is 11.4 Å². The lowest BCUT2D eigenvalue weighted by molar-refractivity contribution is -0.144. The van der Waals surface area contributed by atoms with Gasteiger partial charge in [-0.1, -0.05) is 13.3 Å². The van der Waals surface area contributed by atoms with E-state index in [4.69, 9.17) is 9.47 Å².